The minimum absolute atomic E-state index is 0.133. The van der Waals surface area contributed by atoms with E-state index in [9.17, 15) is 8.42 Å². The van der Waals surface area contributed by atoms with Gasteiger partial charge in [-0.15, -0.1) is 0 Å². The van der Waals surface area contributed by atoms with Gasteiger partial charge in [0, 0.05) is 6.54 Å². The van der Waals surface area contributed by atoms with Crippen LogP contribution in [0.15, 0.2) is 24.3 Å². The van der Waals surface area contributed by atoms with E-state index in [4.69, 9.17) is 0 Å². The molecule has 0 spiro atoms. The Labute approximate surface area is 110 Å². The summed E-state index contributed by atoms with van der Waals surface area (Å²) in [4.78, 5) is 0. The molecule has 0 heterocycles. The predicted molar refractivity (Wildman–Crippen MR) is 77.0 cm³/mol. The van der Waals surface area contributed by atoms with Crippen LogP contribution < -0.4 is 4.72 Å². The highest BCUT2D eigenvalue weighted by Crippen LogP contribution is 2.11. The van der Waals surface area contributed by atoms with Crippen molar-refractivity contribution in [1.29, 1.82) is 0 Å². The Balaban J connectivity index is 2.44. The molecule has 1 aromatic rings. The molecule has 1 rings (SSSR count). The monoisotopic (exact) mass is 267 g/mol. The summed E-state index contributed by atoms with van der Waals surface area (Å²) < 4.78 is 24.9. The Hall–Kier alpha value is -1.13. The summed E-state index contributed by atoms with van der Waals surface area (Å²) in [5.41, 5.74) is 3.70. The molecule has 0 bridgehead atoms. The fraction of sp³-hybridized carbons (Fsp3) is 0.429. The third-order valence-electron chi connectivity index (χ3n) is 2.85. The summed E-state index contributed by atoms with van der Waals surface area (Å²) in [7, 11) is -3.06. The number of sulfonamides is 1. The van der Waals surface area contributed by atoms with Gasteiger partial charge in [-0.1, -0.05) is 30.4 Å². The molecule has 0 aromatic heterocycles. The lowest BCUT2D eigenvalue weighted by molar-refractivity contribution is 0.583. The SMILES string of the molecule is CCS(=O)(=O)NCC/C=C/c1ccc(C)c(C)c1. The van der Waals surface area contributed by atoms with Gasteiger partial charge < -0.3 is 0 Å². The molecule has 1 N–H and O–H groups in total. The first-order chi connectivity index (χ1) is 8.44. The van der Waals surface area contributed by atoms with Crippen molar-refractivity contribution >= 4 is 16.1 Å². The van der Waals surface area contributed by atoms with E-state index >= 15 is 0 Å². The van der Waals surface area contributed by atoms with Crippen LogP contribution in [0.1, 0.15) is 30.0 Å². The van der Waals surface area contributed by atoms with Crippen LogP contribution in [0.4, 0.5) is 0 Å². The van der Waals surface area contributed by atoms with Crippen LogP contribution >= 0.6 is 0 Å². The van der Waals surface area contributed by atoms with Crippen molar-refractivity contribution in [3.8, 4) is 0 Å². The number of nitrogens with one attached hydrogen (secondary N) is 1. The van der Waals surface area contributed by atoms with E-state index in [0.29, 0.717) is 13.0 Å². The van der Waals surface area contributed by atoms with Crippen LogP contribution in [0.3, 0.4) is 0 Å². The lowest BCUT2D eigenvalue weighted by Crippen LogP contribution is -2.25. The maximum Gasteiger partial charge on any atom is 0.211 e. The maximum absolute atomic E-state index is 11.2. The van der Waals surface area contributed by atoms with Gasteiger partial charge in [-0.05, 0) is 43.9 Å². The first kappa shape index (κ1) is 14.9. The predicted octanol–water partition coefficient (Wildman–Crippen LogP) is 2.65. The van der Waals surface area contributed by atoms with Crippen molar-refractivity contribution in [2.45, 2.75) is 27.2 Å². The summed E-state index contributed by atoms with van der Waals surface area (Å²) in [5, 5.41) is 0. The molecular formula is C14H21NO2S. The lowest BCUT2D eigenvalue weighted by Gasteiger charge is -2.02. The van der Waals surface area contributed by atoms with Gasteiger partial charge in [0.15, 0.2) is 0 Å². The summed E-state index contributed by atoms with van der Waals surface area (Å²) in [6, 6.07) is 6.28. The lowest BCUT2D eigenvalue weighted by atomic mass is 10.1. The molecule has 0 aliphatic rings. The van der Waals surface area contributed by atoms with Crippen molar-refractivity contribution < 1.29 is 8.42 Å². The number of hydrogen-bond donors (Lipinski definition) is 1. The zero-order valence-corrected chi connectivity index (χ0v) is 12.0. The molecule has 0 atom stereocenters. The molecule has 3 nitrogen and oxygen atoms in total. The highest BCUT2D eigenvalue weighted by atomic mass is 32.2. The second-order valence-electron chi connectivity index (χ2n) is 4.33. The van der Waals surface area contributed by atoms with E-state index in [1.54, 1.807) is 6.92 Å². The Morgan fingerprint density at radius 2 is 1.94 bits per heavy atom. The zero-order chi connectivity index (χ0) is 13.6. The highest BCUT2D eigenvalue weighted by molar-refractivity contribution is 7.89. The van der Waals surface area contributed by atoms with Crippen molar-refractivity contribution in [2.24, 2.45) is 0 Å². The first-order valence-corrected chi connectivity index (χ1v) is 7.81. The van der Waals surface area contributed by atoms with Crippen LogP contribution in [0, 0.1) is 13.8 Å². The standard InChI is InChI=1S/C14H21NO2S/c1-4-18(16,17)15-10-6-5-7-14-9-8-12(2)13(3)11-14/h5,7-9,11,15H,4,6,10H2,1-3H3/b7-5+. The van der Waals surface area contributed by atoms with Crippen molar-refractivity contribution in [2.75, 3.05) is 12.3 Å². The van der Waals surface area contributed by atoms with Gasteiger partial charge in [-0.3, -0.25) is 0 Å². The molecule has 100 valence electrons. The second kappa shape index (κ2) is 6.71. The number of benzene rings is 1. The van der Waals surface area contributed by atoms with E-state index in [2.05, 4.69) is 36.8 Å². The second-order valence-corrected chi connectivity index (χ2v) is 6.43. The Kier molecular flexibility index (Phi) is 5.56. The molecule has 0 aliphatic carbocycles. The molecule has 0 saturated heterocycles. The Morgan fingerprint density at radius 1 is 1.22 bits per heavy atom. The highest BCUT2D eigenvalue weighted by Gasteiger charge is 2.03. The smallest absolute Gasteiger partial charge is 0.211 e. The van der Waals surface area contributed by atoms with E-state index < -0.39 is 10.0 Å². The summed E-state index contributed by atoms with van der Waals surface area (Å²) in [6.07, 6.45) is 4.71. The minimum Gasteiger partial charge on any atom is -0.215 e. The molecule has 1 aromatic carbocycles. The van der Waals surface area contributed by atoms with Gasteiger partial charge in [0.2, 0.25) is 10.0 Å². The zero-order valence-electron chi connectivity index (χ0n) is 11.2. The number of aryl methyl sites for hydroxylation is 2. The van der Waals surface area contributed by atoms with Crippen LogP contribution in [0.5, 0.6) is 0 Å². The Morgan fingerprint density at radius 3 is 2.56 bits per heavy atom. The van der Waals surface area contributed by atoms with Crippen molar-refractivity contribution in [1.82, 2.24) is 4.72 Å². The van der Waals surface area contributed by atoms with E-state index in [-0.39, 0.29) is 5.75 Å². The molecule has 18 heavy (non-hydrogen) atoms. The fourth-order valence-corrected chi connectivity index (χ4v) is 2.12. The van der Waals surface area contributed by atoms with Gasteiger partial charge >= 0.3 is 0 Å². The average molecular weight is 267 g/mol. The minimum atomic E-state index is -3.06. The van der Waals surface area contributed by atoms with Crippen LogP contribution in [-0.2, 0) is 10.0 Å². The molecule has 0 amide bonds. The summed E-state index contributed by atoms with van der Waals surface area (Å²) >= 11 is 0. The molecule has 4 heteroatoms. The molecule has 0 aliphatic heterocycles. The maximum atomic E-state index is 11.2. The average Bonchev–Trinajstić information content (AvgIpc) is 2.33. The van der Waals surface area contributed by atoms with Crippen molar-refractivity contribution in [3.63, 3.8) is 0 Å². The van der Waals surface area contributed by atoms with Crippen LogP contribution in [0.25, 0.3) is 6.08 Å². The van der Waals surface area contributed by atoms with Crippen molar-refractivity contribution in [3.05, 3.63) is 41.0 Å². The number of hydrogen-bond acceptors (Lipinski definition) is 2. The topological polar surface area (TPSA) is 46.2 Å². The quantitative estimate of drug-likeness (QED) is 0.805. The first-order valence-electron chi connectivity index (χ1n) is 6.16. The van der Waals surface area contributed by atoms with Gasteiger partial charge in [0.25, 0.3) is 0 Å². The summed E-state index contributed by atoms with van der Waals surface area (Å²) in [5.74, 6) is 0.133. The third kappa shape index (κ3) is 5.02. The molecule has 0 saturated carbocycles. The molecule has 0 radical (unpaired) electrons. The van der Waals surface area contributed by atoms with Gasteiger partial charge in [-0.25, -0.2) is 13.1 Å². The largest absolute Gasteiger partial charge is 0.215 e. The van der Waals surface area contributed by atoms with E-state index in [1.165, 1.54) is 11.1 Å². The number of rotatable bonds is 6. The van der Waals surface area contributed by atoms with Gasteiger partial charge in [0.05, 0.1) is 5.75 Å². The van der Waals surface area contributed by atoms with E-state index in [1.807, 2.05) is 12.2 Å². The normalized spacial score (nSPS) is 12.2. The van der Waals surface area contributed by atoms with Gasteiger partial charge in [0.1, 0.15) is 0 Å². The van der Waals surface area contributed by atoms with Gasteiger partial charge in [-0.2, -0.15) is 0 Å². The Bertz CT molecular complexity index is 519. The molecular weight excluding hydrogens is 246 g/mol. The van der Waals surface area contributed by atoms with Crippen LogP contribution in [0.2, 0.25) is 0 Å². The third-order valence-corrected chi connectivity index (χ3v) is 4.26. The van der Waals surface area contributed by atoms with E-state index in [0.717, 1.165) is 5.56 Å². The van der Waals surface area contributed by atoms with Crippen LogP contribution in [-0.4, -0.2) is 20.7 Å². The summed E-state index contributed by atoms with van der Waals surface area (Å²) in [6.45, 7) is 6.26. The fourth-order valence-electron chi connectivity index (χ4n) is 1.49. The molecule has 0 unspecified atom stereocenters. The molecule has 0 fully saturated rings.